The first-order chi connectivity index (χ1) is 8.24. The average molecular weight is 459 g/mol. The zero-order chi connectivity index (χ0) is 13.0. The van der Waals surface area contributed by atoms with E-state index in [2.05, 4.69) is 24.1 Å². The summed E-state index contributed by atoms with van der Waals surface area (Å²) in [6.07, 6.45) is 7.73. The molecule has 0 aliphatic carbocycles. The molecule has 0 aromatic rings. The fourth-order valence-corrected chi connectivity index (χ4v) is 18.1. The molecule has 0 aromatic carbocycles. The molecule has 3 nitrogen and oxygen atoms in total. The second kappa shape index (κ2) is 12.0. The average Bonchev–Trinajstić information content (AvgIpc) is 2.37. The van der Waals surface area contributed by atoms with Crippen molar-refractivity contribution in [2.75, 3.05) is 0 Å². The number of halogens is 1. The molecule has 0 heterocycles. The van der Waals surface area contributed by atoms with E-state index in [9.17, 15) is 0 Å². The van der Waals surface area contributed by atoms with Gasteiger partial charge in [0.1, 0.15) is 0 Å². The van der Waals surface area contributed by atoms with E-state index in [4.69, 9.17) is 6.90 Å². The second-order valence-corrected chi connectivity index (χ2v) is 17.5. The summed E-state index contributed by atoms with van der Waals surface area (Å²) in [4.78, 5) is 0. The van der Waals surface area contributed by atoms with Gasteiger partial charge < -0.3 is 0 Å². The third-order valence-electron chi connectivity index (χ3n) is 3.27. The van der Waals surface area contributed by atoms with Crippen LogP contribution in [0.4, 0.5) is 0 Å². The van der Waals surface area contributed by atoms with Crippen LogP contribution in [0, 0.1) is 0 Å². The summed E-state index contributed by atoms with van der Waals surface area (Å²) in [6.45, 7) is 6.77. The van der Waals surface area contributed by atoms with Crippen molar-refractivity contribution in [3.63, 3.8) is 0 Å². The predicted molar refractivity (Wildman–Crippen MR) is 87.1 cm³/mol. The van der Waals surface area contributed by atoms with Crippen molar-refractivity contribution in [1.29, 1.82) is 0 Å². The number of hydrogen-bond donors (Lipinski definition) is 0. The van der Waals surface area contributed by atoms with Gasteiger partial charge in [-0.2, -0.15) is 0 Å². The van der Waals surface area contributed by atoms with Gasteiger partial charge in [0, 0.05) is 0 Å². The molecule has 0 N–H and O–H groups in total. The summed E-state index contributed by atoms with van der Waals surface area (Å²) in [5, 5.41) is 0. The SMILES string of the molecule is CCC[CH2][Sn]([CH2]CCC)([CH2]CCC)/[N]=N/I=[N-]. The summed E-state index contributed by atoms with van der Waals surface area (Å²) in [5.41, 5.74) is 0. The Labute approximate surface area is 122 Å². The van der Waals surface area contributed by atoms with Crippen LogP contribution in [0.1, 0.15) is 59.3 Å². The van der Waals surface area contributed by atoms with Crippen molar-refractivity contribution < 1.29 is 0 Å². The monoisotopic (exact) mass is 460 g/mol. The fourth-order valence-electron chi connectivity index (χ4n) is 2.14. The first-order valence-corrected chi connectivity index (χ1v) is 16.2. The molecule has 0 saturated heterocycles. The molecule has 0 bridgehead atoms. The number of hydrogen-bond acceptors (Lipinski definition) is 1. The Morgan fingerprint density at radius 2 is 1.29 bits per heavy atom. The van der Waals surface area contributed by atoms with Crippen LogP contribution in [0.5, 0.6) is 0 Å². The van der Waals surface area contributed by atoms with Crippen LogP contribution in [-0.2, 0) is 0 Å². The molecule has 0 atom stereocenters. The van der Waals surface area contributed by atoms with E-state index in [1.807, 2.05) is 0 Å². The third kappa shape index (κ3) is 8.61. The summed E-state index contributed by atoms with van der Waals surface area (Å²) in [6, 6.07) is 0. The Morgan fingerprint density at radius 3 is 1.59 bits per heavy atom. The van der Waals surface area contributed by atoms with E-state index < -0.39 is 40.0 Å². The topological polar surface area (TPSA) is 47.0 Å². The zero-order valence-corrected chi connectivity index (χ0v) is 16.6. The van der Waals surface area contributed by atoms with Crippen molar-refractivity contribution in [3.05, 3.63) is 3.56 Å². The molecule has 0 saturated carbocycles. The molecule has 0 rings (SSSR count). The van der Waals surface area contributed by atoms with E-state index in [1.165, 1.54) is 51.8 Å². The Hall–Kier alpha value is 0.929. The molecule has 0 fully saturated rings. The summed E-state index contributed by atoms with van der Waals surface area (Å²) >= 11 is -3.36. The van der Waals surface area contributed by atoms with Gasteiger partial charge in [0.05, 0.1) is 0 Å². The van der Waals surface area contributed by atoms with Crippen molar-refractivity contribution in [1.82, 2.24) is 0 Å². The van der Waals surface area contributed by atoms with Gasteiger partial charge in [-0.1, -0.05) is 0 Å². The number of rotatable bonds is 11. The Morgan fingerprint density at radius 1 is 0.882 bits per heavy atom. The van der Waals surface area contributed by atoms with E-state index in [-0.39, 0.29) is 0 Å². The molecule has 0 spiro atoms. The van der Waals surface area contributed by atoms with Crippen molar-refractivity contribution >= 4 is 40.0 Å². The maximum absolute atomic E-state index is 8.99. The second-order valence-electron chi connectivity index (χ2n) is 4.79. The van der Waals surface area contributed by atoms with E-state index in [0.717, 1.165) is 0 Å². The Bertz CT molecular complexity index is 200. The molecule has 0 aliphatic rings. The molecular formula is C12H27IN3Sn-. The van der Waals surface area contributed by atoms with Crippen molar-refractivity contribution in [2.45, 2.75) is 72.6 Å². The van der Waals surface area contributed by atoms with E-state index >= 15 is 0 Å². The minimum atomic E-state index is -2.37. The Kier molecular flexibility index (Phi) is 12.6. The summed E-state index contributed by atoms with van der Waals surface area (Å²) in [7, 11) is 0. The standard InChI is InChI=1S/3C4H9.IN3.Sn/c3*1-3-4-2;2-1-4-3;/h3*1,3-4H2,2H3;;/q;;;-2;+1. The van der Waals surface area contributed by atoms with E-state index in [1.54, 1.807) is 0 Å². The summed E-state index contributed by atoms with van der Waals surface area (Å²) in [5.74, 6) is 0. The predicted octanol–water partition coefficient (Wildman–Crippen LogP) is 6.42. The van der Waals surface area contributed by atoms with Crippen LogP contribution in [0.15, 0.2) is 6.66 Å². The van der Waals surface area contributed by atoms with Gasteiger partial charge in [0.2, 0.25) is 0 Å². The van der Waals surface area contributed by atoms with Crippen LogP contribution in [0.25, 0.3) is 3.56 Å². The molecule has 0 amide bonds. The van der Waals surface area contributed by atoms with Crippen molar-refractivity contribution in [3.8, 4) is 0 Å². The van der Waals surface area contributed by atoms with Crippen LogP contribution >= 0.6 is 21.3 Å². The number of nitrogens with zero attached hydrogens (tertiary/aromatic N) is 3. The number of unbranched alkanes of at least 4 members (excludes halogenated alkanes) is 3. The molecule has 0 aromatic heterocycles. The molecule has 0 radical (unpaired) electrons. The van der Waals surface area contributed by atoms with Crippen molar-refractivity contribution in [2.24, 2.45) is 6.66 Å². The molecular weight excluding hydrogens is 432 g/mol. The van der Waals surface area contributed by atoms with Gasteiger partial charge in [0.15, 0.2) is 0 Å². The molecule has 102 valence electrons. The molecule has 5 heteroatoms. The van der Waals surface area contributed by atoms with Crippen LogP contribution in [0.3, 0.4) is 0 Å². The quantitative estimate of drug-likeness (QED) is 0.195. The van der Waals surface area contributed by atoms with Gasteiger partial charge >= 0.3 is 123 Å². The molecule has 0 aliphatic heterocycles. The van der Waals surface area contributed by atoms with Crippen LogP contribution in [0.2, 0.25) is 13.3 Å². The molecule has 0 unspecified atom stereocenters. The van der Waals surface area contributed by atoms with Gasteiger partial charge in [-0.3, -0.25) is 0 Å². The minimum absolute atomic E-state index is 0.995. The zero-order valence-electron chi connectivity index (χ0n) is 11.6. The van der Waals surface area contributed by atoms with E-state index in [0.29, 0.717) is 0 Å². The third-order valence-corrected chi connectivity index (χ3v) is 17.3. The van der Waals surface area contributed by atoms with Gasteiger partial charge in [-0.25, -0.2) is 0 Å². The van der Waals surface area contributed by atoms with Gasteiger partial charge in [0.25, 0.3) is 0 Å². The first-order valence-electron chi connectivity index (χ1n) is 6.94. The van der Waals surface area contributed by atoms with Crippen LogP contribution < -0.4 is 0 Å². The van der Waals surface area contributed by atoms with Gasteiger partial charge in [-0.05, 0) is 0 Å². The van der Waals surface area contributed by atoms with Crippen LogP contribution in [-0.4, -0.2) is 18.7 Å². The van der Waals surface area contributed by atoms with Gasteiger partial charge in [-0.15, -0.1) is 0 Å². The Balaban J connectivity index is 4.62. The first kappa shape index (κ1) is 17.9. The normalized spacial score (nSPS) is 12.4. The fraction of sp³-hybridized carbons (Fsp3) is 1.00. The molecule has 17 heavy (non-hydrogen) atoms. The summed E-state index contributed by atoms with van der Waals surface area (Å²) < 4.78 is 21.8. The maximum atomic E-state index is 8.99.